The molecule has 1 amide bonds. The van der Waals surface area contributed by atoms with E-state index in [-0.39, 0.29) is 11.5 Å². The van der Waals surface area contributed by atoms with Gasteiger partial charge in [0.25, 0.3) is 17.2 Å². The number of hydrogen-bond donors (Lipinski definition) is 1. The number of hydrogen-bond acceptors (Lipinski definition) is 6. The predicted molar refractivity (Wildman–Crippen MR) is 115 cm³/mol. The summed E-state index contributed by atoms with van der Waals surface area (Å²) in [6, 6.07) is 14.9. The van der Waals surface area contributed by atoms with Crippen LogP contribution < -0.4 is 5.56 Å². The van der Waals surface area contributed by atoms with Crippen LogP contribution in [0.3, 0.4) is 0 Å². The van der Waals surface area contributed by atoms with Gasteiger partial charge >= 0.3 is 0 Å². The Kier molecular flexibility index (Phi) is 4.89. The summed E-state index contributed by atoms with van der Waals surface area (Å²) >= 11 is 1.47. The monoisotopic (exact) mass is 420 g/mol. The van der Waals surface area contributed by atoms with E-state index in [1.165, 1.54) is 15.9 Å². The fourth-order valence-electron chi connectivity index (χ4n) is 3.63. The third-order valence-electron chi connectivity index (χ3n) is 5.21. The van der Waals surface area contributed by atoms with Crippen LogP contribution in [0.4, 0.5) is 0 Å². The van der Waals surface area contributed by atoms with E-state index in [4.69, 9.17) is 0 Å². The van der Waals surface area contributed by atoms with Crippen molar-refractivity contribution in [2.45, 2.75) is 6.54 Å². The highest BCUT2D eigenvalue weighted by molar-refractivity contribution is 7.12. The second kappa shape index (κ2) is 7.85. The third kappa shape index (κ3) is 3.64. The van der Waals surface area contributed by atoms with E-state index in [0.717, 1.165) is 23.5 Å². The fourth-order valence-corrected chi connectivity index (χ4v) is 4.32. The standard InChI is InChI=1S/C21H20N6O2S/c28-18-13-16(22-21-23-19(24-27(18)21)15-5-2-1-3-6-15)14-25-8-10-26(11-9-25)20(29)17-7-4-12-30-17/h1-7,12-13H,8-11,14H2,(H,22,23,24). The number of aromatic nitrogens is 4. The summed E-state index contributed by atoms with van der Waals surface area (Å²) in [5.74, 6) is 1.06. The van der Waals surface area contributed by atoms with Crippen LogP contribution in [-0.4, -0.2) is 61.5 Å². The van der Waals surface area contributed by atoms with Crippen LogP contribution in [0.1, 0.15) is 15.4 Å². The normalized spacial score (nSPS) is 15.0. The molecule has 30 heavy (non-hydrogen) atoms. The molecule has 8 nitrogen and oxygen atoms in total. The van der Waals surface area contributed by atoms with Gasteiger partial charge in [-0.1, -0.05) is 36.4 Å². The molecular formula is C21H20N6O2S. The van der Waals surface area contributed by atoms with Crippen molar-refractivity contribution >= 4 is 23.0 Å². The SMILES string of the molecule is O=C(c1cccs1)N1CCN(Cc2cc(=O)n3[nH]c(-c4ccccc4)nc3n2)CC1. The summed E-state index contributed by atoms with van der Waals surface area (Å²) in [6.45, 7) is 3.37. The predicted octanol–water partition coefficient (Wildman–Crippen LogP) is 2.10. The van der Waals surface area contributed by atoms with Gasteiger partial charge in [0, 0.05) is 44.4 Å². The summed E-state index contributed by atoms with van der Waals surface area (Å²) in [5.41, 5.74) is 1.40. The first-order chi connectivity index (χ1) is 14.7. The van der Waals surface area contributed by atoms with Gasteiger partial charge in [-0.2, -0.15) is 9.50 Å². The van der Waals surface area contributed by atoms with Crippen molar-refractivity contribution in [2.24, 2.45) is 0 Å². The highest BCUT2D eigenvalue weighted by Crippen LogP contribution is 2.16. The van der Waals surface area contributed by atoms with E-state index in [1.807, 2.05) is 52.7 Å². The Morgan fingerprint density at radius 2 is 1.83 bits per heavy atom. The van der Waals surface area contributed by atoms with Crippen LogP contribution in [0.15, 0.2) is 58.7 Å². The number of carbonyl (C=O) groups is 1. The van der Waals surface area contributed by atoms with Gasteiger partial charge in [-0.25, -0.2) is 4.98 Å². The van der Waals surface area contributed by atoms with Gasteiger partial charge in [0.1, 0.15) is 0 Å². The van der Waals surface area contributed by atoms with Crippen molar-refractivity contribution in [1.29, 1.82) is 0 Å². The number of benzene rings is 1. The topological polar surface area (TPSA) is 86.6 Å². The number of nitrogens with zero attached hydrogens (tertiary/aromatic N) is 5. The second-order valence-corrected chi connectivity index (χ2v) is 8.15. The fraction of sp³-hybridized carbons (Fsp3) is 0.238. The van der Waals surface area contributed by atoms with Crippen molar-refractivity contribution < 1.29 is 4.79 Å². The first-order valence-corrected chi connectivity index (χ1v) is 10.6. The minimum Gasteiger partial charge on any atom is -0.335 e. The number of amides is 1. The second-order valence-electron chi connectivity index (χ2n) is 7.21. The first-order valence-electron chi connectivity index (χ1n) is 9.76. The Labute approximate surface area is 176 Å². The molecule has 152 valence electrons. The molecule has 1 N–H and O–H groups in total. The number of fused-ring (bicyclic) bond motifs is 1. The zero-order chi connectivity index (χ0) is 20.5. The molecule has 1 aromatic carbocycles. The van der Waals surface area contributed by atoms with Gasteiger partial charge < -0.3 is 4.90 Å². The molecular weight excluding hydrogens is 400 g/mol. The average molecular weight is 420 g/mol. The molecule has 0 bridgehead atoms. The van der Waals surface area contributed by atoms with Gasteiger partial charge in [-0.05, 0) is 11.4 Å². The molecule has 0 unspecified atom stereocenters. The van der Waals surface area contributed by atoms with E-state index in [9.17, 15) is 9.59 Å². The van der Waals surface area contributed by atoms with Crippen LogP contribution in [0.2, 0.25) is 0 Å². The summed E-state index contributed by atoms with van der Waals surface area (Å²) < 4.78 is 1.36. The molecule has 1 saturated heterocycles. The number of nitrogens with one attached hydrogen (secondary N) is 1. The van der Waals surface area contributed by atoms with Crippen LogP contribution >= 0.6 is 11.3 Å². The van der Waals surface area contributed by atoms with E-state index in [0.29, 0.717) is 36.9 Å². The van der Waals surface area contributed by atoms with Gasteiger partial charge in [0.05, 0.1) is 10.6 Å². The van der Waals surface area contributed by atoms with Crippen molar-refractivity contribution in [3.63, 3.8) is 0 Å². The lowest BCUT2D eigenvalue weighted by atomic mass is 10.2. The van der Waals surface area contributed by atoms with Gasteiger partial charge in [-0.3, -0.25) is 19.6 Å². The quantitative estimate of drug-likeness (QED) is 0.546. The molecule has 0 radical (unpaired) electrons. The highest BCUT2D eigenvalue weighted by Gasteiger charge is 2.23. The van der Waals surface area contributed by atoms with Crippen molar-refractivity contribution in [3.05, 3.63) is 74.8 Å². The largest absolute Gasteiger partial charge is 0.335 e. The smallest absolute Gasteiger partial charge is 0.274 e. The zero-order valence-electron chi connectivity index (χ0n) is 16.2. The maximum absolute atomic E-state index is 12.5. The number of piperazine rings is 1. The molecule has 0 atom stereocenters. The molecule has 9 heteroatoms. The van der Waals surface area contributed by atoms with E-state index >= 15 is 0 Å². The van der Waals surface area contributed by atoms with E-state index in [1.54, 1.807) is 6.07 Å². The molecule has 0 spiro atoms. The molecule has 1 aliphatic heterocycles. The Morgan fingerprint density at radius 1 is 1.03 bits per heavy atom. The van der Waals surface area contributed by atoms with Crippen molar-refractivity contribution in [3.8, 4) is 11.4 Å². The lowest BCUT2D eigenvalue weighted by Crippen LogP contribution is -2.48. The number of rotatable bonds is 4. The molecule has 4 aromatic rings. The zero-order valence-corrected chi connectivity index (χ0v) is 17.0. The maximum Gasteiger partial charge on any atom is 0.274 e. The third-order valence-corrected chi connectivity index (χ3v) is 6.07. The van der Waals surface area contributed by atoms with Crippen molar-refractivity contribution in [1.82, 2.24) is 29.4 Å². The first kappa shape index (κ1) is 18.7. The molecule has 1 fully saturated rings. The highest BCUT2D eigenvalue weighted by atomic mass is 32.1. The molecule has 1 aliphatic rings. The Balaban J connectivity index is 1.29. The average Bonchev–Trinajstić information content (AvgIpc) is 3.45. The summed E-state index contributed by atoms with van der Waals surface area (Å²) in [4.78, 5) is 39.0. The van der Waals surface area contributed by atoms with E-state index < -0.39 is 0 Å². The van der Waals surface area contributed by atoms with Crippen LogP contribution in [-0.2, 0) is 6.54 Å². The van der Waals surface area contributed by atoms with Gasteiger partial charge in [0.15, 0.2) is 5.82 Å². The number of carbonyl (C=O) groups excluding carboxylic acids is 1. The van der Waals surface area contributed by atoms with Gasteiger partial charge in [0.2, 0.25) is 0 Å². The Morgan fingerprint density at radius 3 is 2.57 bits per heavy atom. The van der Waals surface area contributed by atoms with Gasteiger partial charge in [-0.15, -0.1) is 11.3 Å². The number of H-pyrrole nitrogens is 1. The lowest BCUT2D eigenvalue weighted by Gasteiger charge is -2.34. The van der Waals surface area contributed by atoms with Crippen LogP contribution in [0.5, 0.6) is 0 Å². The minimum atomic E-state index is -0.184. The number of aromatic amines is 1. The minimum absolute atomic E-state index is 0.0902. The molecule has 4 heterocycles. The number of thiophene rings is 1. The molecule has 0 saturated carbocycles. The lowest BCUT2D eigenvalue weighted by molar-refractivity contribution is 0.0632. The summed E-state index contributed by atoms with van der Waals surface area (Å²) in [7, 11) is 0. The molecule has 5 rings (SSSR count). The molecule has 3 aromatic heterocycles. The van der Waals surface area contributed by atoms with Crippen molar-refractivity contribution in [2.75, 3.05) is 26.2 Å². The van der Waals surface area contributed by atoms with Crippen LogP contribution in [0, 0.1) is 0 Å². The van der Waals surface area contributed by atoms with E-state index in [2.05, 4.69) is 20.0 Å². The van der Waals surface area contributed by atoms with Crippen LogP contribution in [0.25, 0.3) is 17.2 Å². The Hall–Kier alpha value is -3.30. The molecule has 0 aliphatic carbocycles. The Bertz CT molecular complexity index is 1220. The maximum atomic E-state index is 12.5. The summed E-state index contributed by atoms with van der Waals surface area (Å²) in [6.07, 6.45) is 0. The summed E-state index contributed by atoms with van der Waals surface area (Å²) in [5, 5.41) is 4.94.